The highest BCUT2D eigenvalue weighted by atomic mass is 16.4. The topological polar surface area (TPSA) is 37.3 Å². The first kappa shape index (κ1) is 13.8. The van der Waals surface area contributed by atoms with Crippen LogP contribution in [-0.4, -0.2) is 11.1 Å². The summed E-state index contributed by atoms with van der Waals surface area (Å²) >= 11 is 0. The average molecular weight is 234 g/mol. The Morgan fingerprint density at radius 1 is 1.24 bits per heavy atom. The smallest absolute Gasteiger partial charge is 0.303 e. The van der Waals surface area contributed by atoms with E-state index < -0.39 is 5.97 Å². The quantitative estimate of drug-likeness (QED) is 0.837. The van der Waals surface area contributed by atoms with Crippen LogP contribution in [-0.2, 0) is 4.79 Å². The van der Waals surface area contributed by atoms with Crippen LogP contribution in [0.15, 0.2) is 12.1 Å². The molecule has 0 saturated heterocycles. The third-order valence-corrected chi connectivity index (χ3v) is 3.26. The number of rotatable bonds is 5. The molecule has 0 saturated carbocycles. The Kier molecular flexibility index (Phi) is 4.73. The molecule has 0 spiro atoms. The molecule has 17 heavy (non-hydrogen) atoms. The van der Waals surface area contributed by atoms with Crippen LogP contribution in [0.1, 0.15) is 54.4 Å². The Bertz CT molecular complexity index is 384. The van der Waals surface area contributed by atoms with Gasteiger partial charge in [-0.25, -0.2) is 0 Å². The second kappa shape index (κ2) is 5.85. The molecule has 1 aromatic rings. The highest BCUT2D eigenvalue weighted by molar-refractivity contribution is 5.66. The summed E-state index contributed by atoms with van der Waals surface area (Å²) in [5.41, 5.74) is 5.33. The Balaban J connectivity index is 2.75. The molecule has 1 N–H and O–H groups in total. The number of aryl methyl sites for hydroxylation is 3. The zero-order chi connectivity index (χ0) is 13.0. The van der Waals surface area contributed by atoms with E-state index in [1.54, 1.807) is 0 Å². The maximum absolute atomic E-state index is 10.5. The van der Waals surface area contributed by atoms with E-state index >= 15 is 0 Å². The van der Waals surface area contributed by atoms with Crippen LogP contribution < -0.4 is 0 Å². The van der Waals surface area contributed by atoms with E-state index in [1.807, 2.05) is 0 Å². The molecule has 0 amide bonds. The SMILES string of the molecule is Cc1cc(C)c(C(C)CCCC(=O)O)c(C)c1. The van der Waals surface area contributed by atoms with Gasteiger partial charge in [0.15, 0.2) is 0 Å². The minimum absolute atomic E-state index is 0.272. The largest absolute Gasteiger partial charge is 0.481 e. The van der Waals surface area contributed by atoms with Crippen LogP contribution in [0.5, 0.6) is 0 Å². The molecule has 1 unspecified atom stereocenters. The van der Waals surface area contributed by atoms with Crippen molar-refractivity contribution in [1.29, 1.82) is 0 Å². The van der Waals surface area contributed by atoms with Crippen LogP contribution in [0.4, 0.5) is 0 Å². The fourth-order valence-electron chi connectivity index (χ4n) is 2.67. The summed E-state index contributed by atoms with van der Waals surface area (Å²) in [6.07, 6.45) is 1.97. The Hall–Kier alpha value is -1.31. The van der Waals surface area contributed by atoms with Gasteiger partial charge in [-0.15, -0.1) is 0 Å². The lowest BCUT2D eigenvalue weighted by atomic mass is 9.87. The van der Waals surface area contributed by atoms with Crippen LogP contribution in [0.3, 0.4) is 0 Å². The lowest BCUT2D eigenvalue weighted by molar-refractivity contribution is -0.137. The third kappa shape index (κ3) is 3.88. The van der Waals surface area contributed by atoms with Crippen molar-refractivity contribution in [3.63, 3.8) is 0 Å². The molecular formula is C15H22O2. The van der Waals surface area contributed by atoms with E-state index in [2.05, 4.69) is 39.8 Å². The Morgan fingerprint density at radius 2 is 1.76 bits per heavy atom. The van der Waals surface area contributed by atoms with Gasteiger partial charge >= 0.3 is 5.97 Å². The van der Waals surface area contributed by atoms with Crippen molar-refractivity contribution in [1.82, 2.24) is 0 Å². The van der Waals surface area contributed by atoms with E-state index in [1.165, 1.54) is 22.3 Å². The zero-order valence-corrected chi connectivity index (χ0v) is 11.2. The van der Waals surface area contributed by atoms with Crippen LogP contribution in [0.25, 0.3) is 0 Å². The molecule has 0 aliphatic heterocycles. The molecule has 0 aliphatic rings. The third-order valence-electron chi connectivity index (χ3n) is 3.26. The van der Waals surface area contributed by atoms with E-state index in [0.29, 0.717) is 5.92 Å². The van der Waals surface area contributed by atoms with Gasteiger partial charge in [-0.3, -0.25) is 4.79 Å². The van der Waals surface area contributed by atoms with Gasteiger partial charge in [0, 0.05) is 6.42 Å². The predicted molar refractivity (Wildman–Crippen MR) is 70.6 cm³/mol. The molecular weight excluding hydrogens is 212 g/mol. The van der Waals surface area contributed by atoms with Gasteiger partial charge in [0.1, 0.15) is 0 Å². The monoisotopic (exact) mass is 234 g/mol. The first-order valence-electron chi connectivity index (χ1n) is 6.21. The molecule has 0 bridgehead atoms. The number of carboxylic acid groups (broad SMARTS) is 1. The Labute approximate surface area is 104 Å². The van der Waals surface area contributed by atoms with Gasteiger partial charge in [0.25, 0.3) is 0 Å². The zero-order valence-electron chi connectivity index (χ0n) is 11.2. The van der Waals surface area contributed by atoms with Crippen LogP contribution in [0, 0.1) is 20.8 Å². The number of carboxylic acids is 1. The van der Waals surface area contributed by atoms with Crippen molar-refractivity contribution in [2.24, 2.45) is 0 Å². The van der Waals surface area contributed by atoms with Crippen molar-refractivity contribution < 1.29 is 9.90 Å². The van der Waals surface area contributed by atoms with E-state index in [9.17, 15) is 4.79 Å². The molecule has 1 rings (SSSR count). The Morgan fingerprint density at radius 3 is 2.24 bits per heavy atom. The van der Waals surface area contributed by atoms with E-state index in [0.717, 1.165) is 12.8 Å². The molecule has 0 heterocycles. The molecule has 2 nitrogen and oxygen atoms in total. The molecule has 0 aliphatic carbocycles. The summed E-state index contributed by atoms with van der Waals surface area (Å²) < 4.78 is 0. The second-order valence-corrected chi connectivity index (χ2v) is 5.00. The number of aliphatic carboxylic acids is 1. The lowest BCUT2D eigenvalue weighted by Gasteiger charge is -2.18. The number of carbonyl (C=O) groups is 1. The maximum atomic E-state index is 10.5. The summed E-state index contributed by atoms with van der Waals surface area (Å²) in [5, 5.41) is 8.64. The van der Waals surface area contributed by atoms with Gasteiger partial charge < -0.3 is 5.11 Å². The molecule has 0 radical (unpaired) electrons. The van der Waals surface area contributed by atoms with Crippen molar-refractivity contribution in [2.45, 2.75) is 52.9 Å². The summed E-state index contributed by atoms with van der Waals surface area (Å²) in [7, 11) is 0. The highest BCUT2D eigenvalue weighted by Crippen LogP contribution is 2.28. The van der Waals surface area contributed by atoms with E-state index in [-0.39, 0.29) is 6.42 Å². The standard InChI is InChI=1S/C15H22O2/c1-10-8-12(3)15(13(4)9-10)11(2)6-5-7-14(16)17/h8-9,11H,5-7H2,1-4H3,(H,16,17). The molecule has 94 valence electrons. The number of hydrogen-bond acceptors (Lipinski definition) is 1. The summed E-state index contributed by atoms with van der Waals surface area (Å²) in [5.74, 6) is -0.260. The molecule has 0 fully saturated rings. The molecule has 0 aromatic heterocycles. The fraction of sp³-hybridized carbons (Fsp3) is 0.533. The maximum Gasteiger partial charge on any atom is 0.303 e. The summed E-state index contributed by atoms with van der Waals surface area (Å²) in [6, 6.07) is 4.41. The van der Waals surface area contributed by atoms with Gasteiger partial charge in [0.2, 0.25) is 0 Å². The van der Waals surface area contributed by atoms with Gasteiger partial charge in [-0.2, -0.15) is 0 Å². The first-order chi connectivity index (χ1) is 7.91. The predicted octanol–water partition coefficient (Wildman–Crippen LogP) is 3.97. The van der Waals surface area contributed by atoms with Gasteiger partial charge in [0.05, 0.1) is 0 Å². The summed E-state index contributed by atoms with van der Waals surface area (Å²) in [6.45, 7) is 8.58. The second-order valence-electron chi connectivity index (χ2n) is 5.00. The van der Waals surface area contributed by atoms with Crippen LogP contribution >= 0.6 is 0 Å². The van der Waals surface area contributed by atoms with Crippen molar-refractivity contribution in [2.75, 3.05) is 0 Å². The molecule has 2 heteroatoms. The highest BCUT2D eigenvalue weighted by Gasteiger charge is 2.12. The van der Waals surface area contributed by atoms with Crippen molar-refractivity contribution >= 4 is 5.97 Å². The minimum Gasteiger partial charge on any atom is -0.481 e. The van der Waals surface area contributed by atoms with Gasteiger partial charge in [-0.1, -0.05) is 24.6 Å². The number of benzene rings is 1. The summed E-state index contributed by atoms with van der Waals surface area (Å²) in [4.78, 5) is 10.5. The normalized spacial score (nSPS) is 12.5. The van der Waals surface area contributed by atoms with Crippen molar-refractivity contribution in [3.8, 4) is 0 Å². The molecule has 1 aromatic carbocycles. The minimum atomic E-state index is -0.699. The number of hydrogen-bond donors (Lipinski definition) is 1. The van der Waals surface area contributed by atoms with Gasteiger partial charge in [-0.05, 0) is 56.2 Å². The fourth-order valence-corrected chi connectivity index (χ4v) is 2.67. The van der Waals surface area contributed by atoms with E-state index in [4.69, 9.17) is 5.11 Å². The molecule has 1 atom stereocenters. The van der Waals surface area contributed by atoms with Crippen LogP contribution in [0.2, 0.25) is 0 Å². The van der Waals surface area contributed by atoms with Crippen molar-refractivity contribution in [3.05, 3.63) is 34.4 Å². The average Bonchev–Trinajstić information content (AvgIpc) is 2.14. The first-order valence-corrected chi connectivity index (χ1v) is 6.21. The lowest BCUT2D eigenvalue weighted by Crippen LogP contribution is -2.02.